The fourth-order valence-electron chi connectivity index (χ4n) is 1.13. The van der Waals surface area contributed by atoms with Crippen LogP contribution in [0.4, 0.5) is 5.69 Å². The van der Waals surface area contributed by atoms with Gasteiger partial charge < -0.3 is 15.5 Å². The van der Waals surface area contributed by atoms with Crippen LogP contribution in [0.2, 0.25) is 0 Å². The Labute approximate surface area is 93.7 Å². The molecule has 0 radical (unpaired) electrons. The van der Waals surface area contributed by atoms with Gasteiger partial charge in [-0.2, -0.15) is 0 Å². The lowest BCUT2D eigenvalue weighted by molar-refractivity contribution is 0.398. The molecule has 6 heteroatoms. The Kier molecular flexibility index (Phi) is 4.53. The van der Waals surface area contributed by atoms with Gasteiger partial charge in [-0.1, -0.05) is 0 Å². The molecule has 14 heavy (non-hydrogen) atoms. The zero-order valence-electron chi connectivity index (χ0n) is 7.48. The predicted octanol–water partition coefficient (Wildman–Crippen LogP) is 2.00. The molecule has 0 aliphatic rings. The third kappa shape index (κ3) is 2.02. The van der Waals surface area contributed by atoms with Crippen LogP contribution in [0.25, 0.3) is 10.9 Å². The van der Waals surface area contributed by atoms with Gasteiger partial charge in [-0.3, -0.25) is 0 Å². The maximum atomic E-state index is 5.66. The Bertz CT molecular complexity index is 416. The van der Waals surface area contributed by atoms with Gasteiger partial charge in [0.15, 0.2) is 0 Å². The molecular weight excluding hydrogens is 225 g/mol. The number of pyridine rings is 1. The highest BCUT2D eigenvalue weighted by atomic mass is 35.5. The van der Waals surface area contributed by atoms with Crippen molar-refractivity contribution in [2.75, 3.05) is 12.8 Å². The molecule has 2 rings (SSSR count). The number of nitrogens with zero attached hydrogens (tertiary/aromatic N) is 1. The average Bonchev–Trinajstić information content (AvgIpc) is 2.47. The minimum Gasteiger partial charge on any atom is -0.481 e. The largest absolute Gasteiger partial charge is 0.481 e. The van der Waals surface area contributed by atoms with Crippen molar-refractivity contribution in [2.45, 2.75) is 0 Å². The molecule has 0 fully saturated rings. The van der Waals surface area contributed by atoms with E-state index in [0.717, 1.165) is 10.9 Å². The summed E-state index contributed by atoms with van der Waals surface area (Å²) in [6.07, 6.45) is 3.44. The third-order valence-corrected chi connectivity index (χ3v) is 1.78. The second kappa shape index (κ2) is 4.93. The van der Waals surface area contributed by atoms with Crippen molar-refractivity contribution in [1.29, 1.82) is 0 Å². The van der Waals surface area contributed by atoms with Gasteiger partial charge in [-0.05, 0) is 0 Å². The Morgan fingerprint density at radius 1 is 1.43 bits per heavy atom. The number of nitrogen functional groups attached to an aromatic ring is 1. The Balaban J connectivity index is 0.000000845. The summed E-state index contributed by atoms with van der Waals surface area (Å²) >= 11 is 0. The molecule has 0 saturated heterocycles. The van der Waals surface area contributed by atoms with Crippen molar-refractivity contribution in [3.8, 4) is 5.88 Å². The van der Waals surface area contributed by atoms with E-state index in [4.69, 9.17) is 10.5 Å². The number of ether oxygens (including phenoxy) is 1. The Morgan fingerprint density at radius 2 is 2.14 bits per heavy atom. The minimum absolute atomic E-state index is 0. The molecule has 0 aliphatic heterocycles. The summed E-state index contributed by atoms with van der Waals surface area (Å²) in [4.78, 5) is 7.05. The number of aromatic amines is 1. The van der Waals surface area contributed by atoms with Crippen LogP contribution < -0.4 is 10.5 Å². The van der Waals surface area contributed by atoms with Gasteiger partial charge in [0.25, 0.3) is 0 Å². The first kappa shape index (κ1) is 12.9. The smallest absolute Gasteiger partial charge is 0.215 e. The average molecular weight is 236 g/mol. The van der Waals surface area contributed by atoms with E-state index >= 15 is 0 Å². The number of H-pyrrole nitrogens is 1. The minimum atomic E-state index is 0. The molecule has 0 unspecified atom stereocenters. The van der Waals surface area contributed by atoms with E-state index < -0.39 is 0 Å². The maximum Gasteiger partial charge on any atom is 0.215 e. The van der Waals surface area contributed by atoms with E-state index in [0.29, 0.717) is 11.6 Å². The molecule has 2 aromatic heterocycles. The van der Waals surface area contributed by atoms with Crippen molar-refractivity contribution < 1.29 is 4.74 Å². The van der Waals surface area contributed by atoms with Crippen LogP contribution in [-0.2, 0) is 0 Å². The van der Waals surface area contributed by atoms with Gasteiger partial charge in [0.1, 0.15) is 0 Å². The summed E-state index contributed by atoms with van der Waals surface area (Å²) in [7, 11) is 1.58. The second-order valence-electron chi connectivity index (χ2n) is 2.52. The molecule has 0 atom stereocenters. The molecule has 0 spiro atoms. The summed E-state index contributed by atoms with van der Waals surface area (Å²) in [6.45, 7) is 0. The van der Waals surface area contributed by atoms with Gasteiger partial charge in [-0.15, -0.1) is 24.8 Å². The van der Waals surface area contributed by atoms with Crippen LogP contribution in [0.3, 0.4) is 0 Å². The Morgan fingerprint density at radius 3 is 2.79 bits per heavy atom. The summed E-state index contributed by atoms with van der Waals surface area (Å²) in [5.74, 6) is 0.587. The standard InChI is InChI=1S/C8H9N3O.2ClH/c1-12-8-2-7-5(3-11-8)6(9)4-10-7;;/h2-4,10H,9H2,1H3;2*1H. The van der Waals surface area contributed by atoms with E-state index in [1.807, 2.05) is 6.07 Å². The molecule has 0 bridgehead atoms. The number of hydrogen-bond acceptors (Lipinski definition) is 3. The highest BCUT2D eigenvalue weighted by Gasteiger charge is 2.01. The molecule has 2 heterocycles. The van der Waals surface area contributed by atoms with Gasteiger partial charge >= 0.3 is 0 Å². The zero-order chi connectivity index (χ0) is 8.55. The summed E-state index contributed by atoms with van der Waals surface area (Å²) in [5.41, 5.74) is 7.31. The number of fused-ring (bicyclic) bond motifs is 1. The SMILES string of the molecule is COc1cc2[nH]cc(N)c2cn1.Cl.Cl. The molecule has 0 aromatic carbocycles. The Hall–Kier alpha value is -1.13. The number of anilines is 1. The van der Waals surface area contributed by atoms with Crippen molar-refractivity contribution >= 4 is 41.4 Å². The topological polar surface area (TPSA) is 63.9 Å². The lowest BCUT2D eigenvalue weighted by Crippen LogP contribution is -1.86. The number of hydrogen-bond donors (Lipinski definition) is 2. The van der Waals surface area contributed by atoms with Crippen LogP contribution in [0, 0.1) is 0 Å². The van der Waals surface area contributed by atoms with Gasteiger partial charge in [0, 0.05) is 23.8 Å². The molecule has 0 amide bonds. The lowest BCUT2D eigenvalue weighted by Gasteiger charge is -1.96. The maximum absolute atomic E-state index is 5.66. The number of rotatable bonds is 1. The van der Waals surface area contributed by atoms with Crippen molar-refractivity contribution in [1.82, 2.24) is 9.97 Å². The molecule has 4 nitrogen and oxygen atoms in total. The van der Waals surface area contributed by atoms with Crippen LogP contribution in [0.5, 0.6) is 5.88 Å². The van der Waals surface area contributed by atoms with Crippen LogP contribution in [0.15, 0.2) is 18.5 Å². The summed E-state index contributed by atoms with van der Waals surface area (Å²) in [5, 5.41) is 0.927. The lowest BCUT2D eigenvalue weighted by atomic mass is 10.3. The zero-order valence-corrected chi connectivity index (χ0v) is 9.11. The number of aromatic nitrogens is 2. The second-order valence-corrected chi connectivity index (χ2v) is 2.52. The van der Waals surface area contributed by atoms with Gasteiger partial charge in [-0.25, -0.2) is 4.98 Å². The van der Waals surface area contributed by atoms with E-state index in [-0.39, 0.29) is 24.8 Å². The van der Waals surface area contributed by atoms with Crippen molar-refractivity contribution in [2.24, 2.45) is 0 Å². The fraction of sp³-hybridized carbons (Fsp3) is 0.125. The molecule has 0 aliphatic carbocycles. The number of halogens is 2. The monoisotopic (exact) mass is 235 g/mol. The predicted molar refractivity (Wildman–Crippen MR) is 61.6 cm³/mol. The first-order chi connectivity index (χ1) is 5.81. The quantitative estimate of drug-likeness (QED) is 0.795. The molecular formula is C8H11Cl2N3O. The first-order valence-corrected chi connectivity index (χ1v) is 3.58. The van der Waals surface area contributed by atoms with Crippen molar-refractivity contribution in [3.05, 3.63) is 18.5 Å². The normalized spacial score (nSPS) is 8.93. The van der Waals surface area contributed by atoms with Gasteiger partial charge in [0.2, 0.25) is 5.88 Å². The first-order valence-electron chi connectivity index (χ1n) is 3.58. The molecule has 3 N–H and O–H groups in total. The highest BCUT2D eigenvalue weighted by molar-refractivity contribution is 5.90. The molecule has 78 valence electrons. The van der Waals surface area contributed by atoms with E-state index in [9.17, 15) is 0 Å². The highest BCUT2D eigenvalue weighted by Crippen LogP contribution is 2.21. The van der Waals surface area contributed by atoms with Crippen molar-refractivity contribution in [3.63, 3.8) is 0 Å². The summed E-state index contributed by atoms with van der Waals surface area (Å²) < 4.78 is 4.96. The van der Waals surface area contributed by atoms with Crippen LogP contribution >= 0.6 is 24.8 Å². The fourth-order valence-corrected chi connectivity index (χ4v) is 1.13. The van der Waals surface area contributed by atoms with E-state index in [2.05, 4.69) is 9.97 Å². The van der Waals surface area contributed by atoms with Crippen LogP contribution in [-0.4, -0.2) is 17.1 Å². The van der Waals surface area contributed by atoms with E-state index in [1.54, 1.807) is 19.5 Å². The van der Waals surface area contributed by atoms with Gasteiger partial charge in [0.05, 0.1) is 18.3 Å². The number of nitrogens with one attached hydrogen (secondary N) is 1. The molecule has 0 saturated carbocycles. The third-order valence-electron chi connectivity index (χ3n) is 1.78. The number of nitrogens with two attached hydrogens (primary N) is 1. The molecule has 2 aromatic rings. The van der Waals surface area contributed by atoms with E-state index in [1.165, 1.54) is 0 Å². The summed E-state index contributed by atoms with van der Waals surface area (Å²) in [6, 6.07) is 1.81. The number of methoxy groups -OCH3 is 1. The van der Waals surface area contributed by atoms with Crippen LogP contribution in [0.1, 0.15) is 0 Å².